The van der Waals surface area contributed by atoms with Gasteiger partial charge in [-0.25, -0.2) is 0 Å². The van der Waals surface area contributed by atoms with Gasteiger partial charge in [0.2, 0.25) is 11.8 Å². The summed E-state index contributed by atoms with van der Waals surface area (Å²) in [4.78, 5) is 23.9. The normalized spacial score (nSPS) is 10.4. The van der Waals surface area contributed by atoms with Gasteiger partial charge < -0.3 is 20.1 Å². The Morgan fingerprint density at radius 2 is 1.45 bits per heavy atom. The lowest BCUT2D eigenvalue weighted by atomic mass is 10.2. The van der Waals surface area contributed by atoms with Gasteiger partial charge in [-0.1, -0.05) is 48.0 Å². The van der Waals surface area contributed by atoms with Crippen molar-refractivity contribution in [2.45, 2.75) is 13.5 Å². The van der Waals surface area contributed by atoms with Gasteiger partial charge in [-0.15, -0.1) is 0 Å². The van der Waals surface area contributed by atoms with Crippen LogP contribution in [0, 0.1) is 6.92 Å². The summed E-state index contributed by atoms with van der Waals surface area (Å²) < 4.78 is 10.9. The summed E-state index contributed by atoms with van der Waals surface area (Å²) in [7, 11) is 0. The van der Waals surface area contributed by atoms with E-state index < -0.39 is 0 Å². The van der Waals surface area contributed by atoms with E-state index in [1.54, 1.807) is 36.4 Å². The SMILES string of the molecule is Cc1ccc(NC(=O)COCC(=O)Nc2ccc(OCc3ccccc3)cc2)cc1Cl. The van der Waals surface area contributed by atoms with Crippen molar-refractivity contribution < 1.29 is 19.1 Å². The van der Waals surface area contributed by atoms with E-state index in [1.165, 1.54) is 0 Å². The molecule has 0 aliphatic rings. The smallest absolute Gasteiger partial charge is 0.250 e. The van der Waals surface area contributed by atoms with Crippen LogP contribution in [0.2, 0.25) is 5.02 Å². The summed E-state index contributed by atoms with van der Waals surface area (Å²) in [6.45, 7) is 1.86. The first-order chi connectivity index (χ1) is 15.0. The average molecular weight is 439 g/mol. The van der Waals surface area contributed by atoms with Crippen LogP contribution in [0.1, 0.15) is 11.1 Å². The molecule has 0 heterocycles. The van der Waals surface area contributed by atoms with Gasteiger partial charge in [0.15, 0.2) is 0 Å². The molecule has 0 saturated carbocycles. The fraction of sp³-hybridized carbons (Fsp3) is 0.167. The molecule has 0 saturated heterocycles. The first-order valence-corrected chi connectivity index (χ1v) is 10.1. The number of ether oxygens (including phenoxy) is 2. The molecule has 0 aliphatic heterocycles. The monoisotopic (exact) mass is 438 g/mol. The number of benzene rings is 3. The third-order valence-electron chi connectivity index (χ3n) is 4.31. The Morgan fingerprint density at radius 3 is 2.10 bits per heavy atom. The van der Waals surface area contributed by atoms with Crippen molar-refractivity contribution in [1.82, 2.24) is 0 Å². The predicted molar refractivity (Wildman–Crippen MR) is 121 cm³/mol. The summed E-state index contributed by atoms with van der Waals surface area (Å²) in [5, 5.41) is 5.95. The van der Waals surface area contributed by atoms with Gasteiger partial charge in [0.25, 0.3) is 0 Å². The van der Waals surface area contributed by atoms with E-state index >= 15 is 0 Å². The third kappa shape index (κ3) is 7.44. The second kappa shape index (κ2) is 11.2. The number of halogens is 1. The van der Waals surface area contributed by atoms with Crippen LogP contribution in [0.15, 0.2) is 72.8 Å². The van der Waals surface area contributed by atoms with E-state index in [1.807, 2.05) is 43.3 Å². The van der Waals surface area contributed by atoms with Crippen molar-refractivity contribution in [3.63, 3.8) is 0 Å². The summed E-state index contributed by atoms with van der Waals surface area (Å²) in [6.07, 6.45) is 0. The van der Waals surface area contributed by atoms with Crippen LogP contribution in [-0.2, 0) is 20.9 Å². The third-order valence-corrected chi connectivity index (χ3v) is 4.72. The molecule has 0 spiro atoms. The van der Waals surface area contributed by atoms with Crippen LogP contribution in [0.3, 0.4) is 0 Å². The van der Waals surface area contributed by atoms with Gasteiger partial charge in [-0.2, -0.15) is 0 Å². The lowest BCUT2D eigenvalue weighted by Crippen LogP contribution is -2.23. The van der Waals surface area contributed by atoms with E-state index in [4.69, 9.17) is 21.1 Å². The van der Waals surface area contributed by atoms with Crippen molar-refractivity contribution >= 4 is 34.8 Å². The standard InChI is InChI=1S/C24H23ClN2O4/c1-17-7-8-20(13-22(17)25)27-24(29)16-30-15-23(28)26-19-9-11-21(12-10-19)31-14-18-5-3-2-4-6-18/h2-13H,14-16H2,1H3,(H,26,28)(H,27,29). The maximum Gasteiger partial charge on any atom is 0.250 e. The van der Waals surface area contributed by atoms with Crippen LogP contribution in [-0.4, -0.2) is 25.0 Å². The first-order valence-electron chi connectivity index (χ1n) is 9.70. The molecule has 0 aliphatic carbocycles. The van der Waals surface area contributed by atoms with Crippen molar-refractivity contribution in [2.24, 2.45) is 0 Å². The van der Waals surface area contributed by atoms with Crippen molar-refractivity contribution in [3.8, 4) is 5.75 Å². The summed E-state index contributed by atoms with van der Waals surface area (Å²) in [6, 6.07) is 22.1. The number of hydrogen-bond acceptors (Lipinski definition) is 4. The van der Waals surface area contributed by atoms with Crippen LogP contribution < -0.4 is 15.4 Å². The Balaban J connectivity index is 1.37. The zero-order valence-corrected chi connectivity index (χ0v) is 17.8. The van der Waals surface area contributed by atoms with Gasteiger partial charge in [-0.3, -0.25) is 9.59 Å². The van der Waals surface area contributed by atoms with E-state index in [2.05, 4.69) is 10.6 Å². The molecule has 0 atom stereocenters. The number of anilines is 2. The van der Waals surface area contributed by atoms with Crippen LogP contribution in [0.25, 0.3) is 0 Å². The highest BCUT2D eigenvalue weighted by Crippen LogP contribution is 2.20. The molecule has 0 radical (unpaired) electrons. The number of aryl methyl sites for hydroxylation is 1. The molecule has 0 unspecified atom stereocenters. The van der Waals surface area contributed by atoms with E-state index in [9.17, 15) is 9.59 Å². The molecule has 0 fully saturated rings. The maximum absolute atomic E-state index is 12.0. The first kappa shape index (κ1) is 22.3. The van der Waals surface area contributed by atoms with Gasteiger partial charge in [-0.05, 0) is 54.4 Å². The number of carbonyl (C=O) groups excluding carboxylic acids is 2. The average Bonchev–Trinajstić information content (AvgIpc) is 2.76. The van der Waals surface area contributed by atoms with Crippen molar-refractivity contribution in [2.75, 3.05) is 23.8 Å². The van der Waals surface area contributed by atoms with Crippen LogP contribution in [0.4, 0.5) is 11.4 Å². The Bertz CT molecular complexity index is 1020. The molecule has 6 nitrogen and oxygen atoms in total. The van der Waals surface area contributed by atoms with Gasteiger partial charge >= 0.3 is 0 Å². The highest BCUT2D eigenvalue weighted by atomic mass is 35.5. The second-order valence-corrected chi connectivity index (χ2v) is 7.26. The zero-order chi connectivity index (χ0) is 22.1. The Kier molecular flexibility index (Phi) is 8.04. The highest BCUT2D eigenvalue weighted by molar-refractivity contribution is 6.31. The second-order valence-electron chi connectivity index (χ2n) is 6.85. The largest absolute Gasteiger partial charge is 0.489 e. The molecule has 31 heavy (non-hydrogen) atoms. The Hall–Kier alpha value is -3.35. The van der Waals surface area contributed by atoms with E-state index in [0.717, 1.165) is 11.1 Å². The minimum atomic E-state index is -0.368. The number of rotatable bonds is 9. The lowest BCUT2D eigenvalue weighted by Gasteiger charge is -2.09. The molecular formula is C24H23ClN2O4. The molecule has 0 aromatic heterocycles. The van der Waals surface area contributed by atoms with Gasteiger partial charge in [0, 0.05) is 16.4 Å². The molecule has 3 aromatic carbocycles. The quantitative estimate of drug-likeness (QED) is 0.502. The summed E-state index contributed by atoms with van der Waals surface area (Å²) in [5.41, 5.74) is 3.18. The van der Waals surface area contributed by atoms with Crippen LogP contribution >= 0.6 is 11.6 Å². The van der Waals surface area contributed by atoms with E-state index in [0.29, 0.717) is 28.8 Å². The molecular weight excluding hydrogens is 416 g/mol. The van der Waals surface area contributed by atoms with Crippen molar-refractivity contribution in [1.29, 1.82) is 0 Å². The Labute approximate surface area is 186 Å². The molecule has 3 aromatic rings. The minimum Gasteiger partial charge on any atom is -0.489 e. The predicted octanol–water partition coefficient (Wildman–Crippen LogP) is 4.82. The molecule has 7 heteroatoms. The molecule has 2 N–H and O–H groups in total. The molecule has 0 bridgehead atoms. The minimum absolute atomic E-state index is 0.242. The van der Waals surface area contributed by atoms with Crippen molar-refractivity contribution in [3.05, 3.63) is 88.9 Å². The topological polar surface area (TPSA) is 76.7 Å². The highest BCUT2D eigenvalue weighted by Gasteiger charge is 2.08. The number of amides is 2. The number of nitrogens with one attached hydrogen (secondary N) is 2. The molecule has 3 rings (SSSR count). The number of carbonyl (C=O) groups is 2. The molecule has 160 valence electrons. The van der Waals surface area contributed by atoms with Gasteiger partial charge in [0.1, 0.15) is 25.6 Å². The Morgan fingerprint density at radius 1 is 0.839 bits per heavy atom. The molecule has 2 amide bonds. The fourth-order valence-corrected chi connectivity index (χ4v) is 2.86. The summed E-state index contributed by atoms with van der Waals surface area (Å²) >= 11 is 6.03. The number of hydrogen-bond donors (Lipinski definition) is 2. The van der Waals surface area contributed by atoms with Crippen LogP contribution in [0.5, 0.6) is 5.75 Å². The summed E-state index contributed by atoms with van der Waals surface area (Å²) in [5.74, 6) is -0.0252. The maximum atomic E-state index is 12.0. The lowest BCUT2D eigenvalue weighted by molar-refractivity contribution is -0.125. The zero-order valence-electron chi connectivity index (χ0n) is 17.1. The van der Waals surface area contributed by atoms with E-state index in [-0.39, 0.29) is 25.0 Å². The van der Waals surface area contributed by atoms with Gasteiger partial charge in [0.05, 0.1) is 0 Å². The fourth-order valence-electron chi connectivity index (χ4n) is 2.68.